The second-order valence-electron chi connectivity index (χ2n) is 6.15. The molecule has 1 amide bonds. The van der Waals surface area contributed by atoms with E-state index in [1.54, 1.807) is 23.1 Å². The van der Waals surface area contributed by atoms with E-state index in [0.717, 1.165) is 23.5 Å². The summed E-state index contributed by atoms with van der Waals surface area (Å²) >= 11 is 12.4. The minimum atomic E-state index is -0.0825. The van der Waals surface area contributed by atoms with Crippen molar-refractivity contribution in [3.8, 4) is 11.5 Å². The molecular weight excluding hydrogens is 426 g/mol. The summed E-state index contributed by atoms with van der Waals surface area (Å²) in [5.41, 5.74) is 0.919. The molecule has 0 N–H and O–H groups in total. The van der Waals surface area contributed by atoms with E-state index < -0.39 is 0 Å². The Bertz CT molecular complexity index is 911. The average Bonchev–Trinajstić information content (AvgIpc) is 2.98. The maximum absolute atomic E-state index is 12.4. The monoisotopic (exact) mass is 445 g/mol. The molecule has 0 atom stereocenters. The van der Waals surface area contributed by atoms with Crippen molar-refractivity contribution in [1.29, 1.82) is 0 Å². The van der Waals surface area contributed by atoms with Crippen LogP contribution in [0.5, 0.6) is 11.5 Å². The van der Waals surface area contributed by atoms with Gasteiger partial charge in [-0.1, -0.05) is 53.8 Å². The largest absolute Gasteiger partial charge is 0.493 e. The molecule has 0 unspecified atom stereocenters. The quantitative estimate of drug-likeness (QED) is 0.218. The van der Waals surface area contributed by atoms with Gasteiger partial charge in [0.2, 0.25) is 0 Å². The Kier molecular flexibility index (Phi) is 7.75. The van der Waals surface area contributed by atoms with Crippen LogP contribution < -0.4 is 9.47 Å². The highest BCUT2D eigenvalue weighted by molar-refractivity contribution is 8.26. The van der Waals surface area contributed by atoms with Gasteiger partial charge in [0.05, 0.1) is 18.1 Å². The van der Waals surface area contributed by atoms with Gasteiger partial charge in [-0.3, -0.25) is 9.69 Å². The minimum Gasteiger partial charge on any atom is -0.493 e. The summed E-state index contributed by atoms with van der Waals surface area (Å²) in [4.78, 5) is 14.5. The summed E-state index contributed by atoms with van der Waals surface area (Å²) in [5, 5.41) is 0.687. The van der Waals surface area contributed by atoms with Gasteiger partial charge in [-0.25, -0.2) is 0 Å². The van der Waals surface area contributed by atoms with Gasteiger partial charge in [0.1, 0.15) is 15.8 Å². The van der Waals surface area contributed by atoms with Crippen LogP contribution in [0.1, 0.15) is 12.0 Å². The van der Waals surface area contributed by atoms with E-state index in [4.69, 9.17) is 33.3 Å². The van der Waals surface area contributed by atoms with Crippen LogP contribution in [0.25, 0.3) is 6.08 Å². The van der Waals surface area contributed by atoms with Crippen molar-refractivity contribution in [3.05, 3.63) is 76.7 Å². The van der Waals surface area contributed by atoms with E-state index in [2.05, 4.69) is 6.58 Å². The van der Waals surface area contributed by atoms with Crippen molar-refractivity contribution >= 4 is 51.9 Å². The lowest BCUT2D eigenvalue weighted by atomic mass is 10.2. The van der Waals surface area contributed by atoms with Crippen molar-refractivity contribution in [1.82, 2.24) is 4.90 Å². The molecule has 4 nitrogen and oxygen atoms in total. The SMILES string of the molecule is C=CCN1C(=O)C(=Cc2ccc(OCCCOc3ccc(Cl)cc3)cc2)SC1=S. The summed E-state index contributed by atoms with van der Waals surface area (Å²) in [5.74, 6) is 1.48. The molecule has 0 bridgehead atoms. The van der Waals surface area contributed by atoms with E-state index >= 15 is 0 Å². The van der Waals surface area contributed by atoms with Gasteiger partial charge in [-0.05, 0) is 48.0 Å². The van der Waals surface area contributed by atoms with Crippen LogP contribution in [-0.4, -0.2) is 34.9 Å². The van der Waals surface area contributed by atoms with Crippen LogP contribution in [0.2, 0.25) is 5.02 Å². The zero-order valence-corrected chi connectivity index (χ0v) is 18.1. The first-order valence-electron chi connectivity index (χ1n) is 9.04. The smallest absolute Gasteiger partial charge is 0.266 e. The van der Waals surface area contributed by atoms with Gasteiger partial charge < -0.3 is 9.47 Å². The molecule has 0 saturated carbocycles. The average molecular weight is 446 g/mol. The Balaban J connectivity index is 1.45. The van der Waals surface area contributed by atoms with Crippen LogP contribution in [0.15, 0.2) is 66.1 Å². The highest BCUT2D eigenvalue weighted by Crippen LogP contribution is 2.32. The van der Waals surface area contributed by atoms with Gasteiger partial charge in [-0.2, -0.15) is 0 Å². The third-order valence-corrected chi connectivity index (χ3v) is 5.63. The topological polar surface area (TPSA) is 38.8 Å². The van der Waals surface area contributed by atoms with Crippen molar-refractivity contribution in [2.75, 3.05) is 19.8 Å². The number of hydrogen-bond donors (Lipinski definition) is 0. The number of carbonyl (C=O) groups excluding carboxylic acids is 1. The first-order chi connectivity index (χ1) is 14.1. The number of carbonyl (C=O) groups is 1. The zero-order chi connectivity index (χ0) is 20.6. The number of rotatable bonds is 9. The van der Waals surface area contributed by atoms with Crippen molar-refractivity contribution in [2.45, 2.75) is 6.42 Å². The summed E-state index contributed by atoms with van der Waals surface area (Å²) in [6, 6.07) is 14.9. The standard InChI is InChI=1S/C22H20ClNO3S2/c1-2-12-24-21(25)20(29-22(24)28)15-16-4-8-18(9-5-16)26-13-3-14-27-19-10-6-17(23)7-11-19/h2,4-11,15H,1,3,12-14H2. The third-order valence-electron chi connectivity index (χ3n) is 4.00. The highest BCUT2D eigenvalue weighted by Gasteiger charge is 2.30. The number of hydrogen-bond acceptors (Lipinski definition) is 5. The van der Waals surface area contributed by atoms with Gasteiger partial charge >= 0.3 is 0 Å². The molecule has 29 heavy (non-hydrogen) atoms. The molecule has 0 aromatic heterocycles. The molecule has 0 spiro atoms. The van der Waals surface area contributed by atoms with Crippen molar-refractivity contribution < 1.29 is 14.3 Å². The van der Waals surface area contributed by atoms with E-state index in [1.165, 1.54) is 11.8 Å². The molecule has 3 rings (SSSR count). The van der Waals surface area contributed by atoms with Gasteiger partial charge in [0.25, 0.3) is 5.91 Å². The molecule has 1 heterocycles. The van der Waals surface area contributed by atoms with E-state index in [1.807, 2.05) is 42.5 Å². The van der Waals surface area contributed by atoms with Gasteiger partial charge in [0.15, 0.2) is 0 Å². The molecule has 1 aliphatic rings. The second-order valence-corrected chi connectivity index (χ2v) is 8.27. The number of thioether (sulfide) groups is 1. The first kappa shape index (κ1) is 21.4. The number of thiocarbonyl (C=S) groups is 1. The Labute approximate surface area is 185 Å². The predicted octanol–water partition coefficient (Wildman–Crippen LogP) is 5.58. The van der Waals surface area contributed by atoms with Crippen LogP contribution in [0, 0.1) is 0 Å². The van der Waals surface area contributed by atoms with E-state index in [9.17, 15) is 4.79 Å². The Hall–Kier alpha value is -2.28. The van der Waals surface area contributed by atoms with Crippen LogP contribution >= 0.6 is 35.6 Å². The lowest BCUT2D eigenvalue weighted by Crippen LogP contribution is -2.27. The number of amides is 1. The Morgan fingerprint density at radius 1 is 1.03 bits per heavy atom. The lowest BCUT2D eigenvalue weighted by Gasteiger charge is -2.10. The number of nitrogens with zero attached hydrogens (tertiary/aromatic N) is 1. The van der Waals surface area contributed by atoms with Crippen LogP contribution in [0.4, 0.5) is 0 Å². The maximum atomic E-state index is 12.4. The lowest BCUT2D eigenvalue weighted by molar-refractivity contribution is -0.121. The fraction of sp³-hybridized carbons (Fsp3) is 0.182. The number of halogens is 1. The molecule has 1 aliphatic heterocycles. The normalized spacial score (nSPS) is 15.1. The first-order valence-corrected chi connectivity index (χ1v) is 10.6. The predicted molar refractivity (Wildman–Crippen MR) is 124 cm³/mol. The molecular formula is C22H20ClNO3S2. The summed E-state index contributed by atoms with van der Waals surface area (Å²) in [7, 11) is 0. The van der Waals surface area contributed by atoms with Crippen molar-refractivity contribution in [3.63, 3.8) is 0 Å². The second kappa shape index (κ2) is 10.5. The minimum absolute atomic E-state index is 0.0825. The maximum Gasteiger partial charge on any atom is 0.266 e. The Morgan fingerprint density at radius 2 is 1.62 bits per heavy atom. The molecule has 0 aliphatic carbocycles. The van der Waals surface area contributed by atoms with Gasteiger partial charge in [-0.15, -0.1) is 6.58 Å². The fourth-order valence-electron chi connectivity index (χ4n) is 2.57. The van der Waals surface area contributed by atoms with Crippen molar-refractivity contribution in [2.24, 2.45) is 0 Å². The molecule has 7 heteroatoms. The molecule has 0 radical (unpaired) electrons. The summed E-state index contributed by atoms with van der Waals surface area (Å²) in [6.45, 7) is 5.20. The van der Waals surface area contributed by atoms with Crippen LogP contribution in [-0.2, 0) is 4.79 Å². The summed E-state index contributed by atoms with van der Waals surface area (Å²) in [6.07, 6.45) is 4.27. The number of ether oxygens (including phenoxy) is 2. The van der Waals surface area contributed by atoms with E-state index in [-0.39, 0.29) is 5.91 Å². The Morgan fingerprint density at radius 3 is 2.21 bits per heavy atom. The zero-order valence-electron chi connectivity index (χ0n) is 15.7. The molecule has 2 aromatic rings. The number of benzene rings is 2. The van der Waals surface area contributed by atoms with Crippen LogP contribution in [0.3, 0.4) is 0 Å². The third kappa shape index (κ3) is 6.10. The van der Waals surface area contributed by atoms with E-state index in [0.29, 0.717) is 34.0 Å². The molecule has 2 aromatic carbocycles. The summed E-state index contributed by atoms with van der Waals surface area (Å²) < 4.78 is 11.9. The molecule has 1 fully saturated rings. The van der Waals surface area contributed by atoms with Gasteiger partial charge in [0, 0.05) is 18.0 Å². The molecule has 150 valence electrons. The molecule has 1 saturated heterocycles. The highest BCUT2D eigenvalue weighted by atomic mass is 35.5. The fourth-order valence-corrected chi connectivity index (χ4v) is 3.97.